The second-order valence-electron chi connectivity index (χ2n) is 5.64. The fourth-order valence-electron chi connectivity index (χ4n) is 2.84. The van der Waals surface area contributed by atoms with Crippen molar-refractivity contribution in [1.29, 1.82) is 0 Å². The maximum atomic E-state index is 13.0. The third kappa shape index (κ3) is 3.13. The molecule has 0 spiro atoms. The molecule has 0 bridgehead atoms. The number of likely N-dealkylation sites (tertiary alicyclic amines) is 1. The number of benzene rings is 1. The van der Waals surface area contributed by atoms with Gasteiger partial charge in [0.1, 0.15) is 5.82 Å². The molecule has 3 rings (SSSR count). The predicted octanol–water partition coefficient (Wildman–Crippen LogP) is 3.01. The van der Waals surface area contributed by atoms with Gasteiger partial charge in [-0.25, -0.2) is 9.37 Å². The number of piperidine rings is 1. The minimum atomic E-state index is -0.266. The van der Waals surface area contributed by atoms with E-state index in [1.807, 2.05) is 4.90 Å². The van der Waals surface area contributed by atoms with Crippen LogP contribution in [0.15, 0.2) is 36.7 Å². The average Bonchev–Trinajstić information content (AvgIpc) is 2.56. The molecule has 1 fully saturated rings. The highest BCUT2D eigenvalue weighted by atomic mass is 19.1. The normalized spacial score (nSPS) is 18.3. The third-order valence-electron chi connectivity index (χ3n) is 4.08. The van der Waals surface area contributed by atoms with Crippen molar-refractivity contribution < 1.29 is 9.18 Å². The van der Waals surface area contributed by atoms with Crippen LogP contribution in [0.3, 0.4) is 0 Å². The Bertz CT molecular complexity index is 672. The molecule has 1 aromatic heterocycles. The van der Waals surface area contributed by atoms with Crippen molar-refractivity contribution in [1.82, 2.24) is 14.9 Å². The van der Waals surface area contributed by atoms with Crippen LogP contribution in [-0.4, -0.2) is 33.9 Å². The number of halogens is 1. The van der Waals surface area contributed by atoms with Crippen molar-refractivity contribution in [2.24, 2.45) is 0 Å². The summed E-state index contributed by atoms with van der Waals surface area (Å²) in [6.07, 6.45) is 5.43. The highest BCUT2D eigenvalue weighted by Gasteiger charge is 2.24. The number of carbonyl (C=O) groups excluding carboxylic acids is 1. The number of hydrogen-bond acceptors (Lipinski definition) is 3. The van der Waals surface area contributed by atoms with E-state index in [2.05, 4.69) is 9.97 Å². The number of aromatic nitrogens is 2. The van der Waals surface area contributed by atoms with Crippen LogP contribution in [0.2, 0.25) is 0 Å². The van der Waals surface area contributed by atoms with Gasteiger partial charge in [-0.05, 0) is 37.1 Å². The van der Waals surface area contributed by atoms with Crippen molar-refractivity contribution in [3.8, 4) is 11.3 Å². The lowest BCUT2D eigenvalue weighted by atomic mass is 9.95. The van der Waals surface area contributed by atoms with Crippen molar-refractivity contribution in [3.05, 3.63) is 48.2 Å². The lowest BCUT2D eigenvalue weighted by Gasteiger charge is -2.31. The molecular weight excluding hydrogens is 281 g/mol. The highest BCUT2D eigenvalue weighted by molar-refractivity contribution is 5.73. The van der Waals surface area contributed by atoms with Gasteiger partial charge in [-0.15, -0.1) is 0 Å². The molecule has 0 N–H and O–H groups in total. The monoisotopic (exact) mass is 299 g/mol. The van der Waals surface area contributed by atoms with Crippen LogP contribution in [0.5, 0.6) is 0 Å². The van der Waals surface area contributed by atoms with Crippen LogP contribution < -0.4 is 0 Å². The number of amides is 1. The van der Waals surface area contributed by atoms with E-state index in [1.165, 1.54) is 12.1 Å². The second-order valence-corrected chi connectivity index (χ2v) is 5.64. The Morgan fingerprint density at radius 2 is 2.05 bits per heavy atom. The quantitative estimate of drug-likeness (QED) is 0.856. The average molecular weight is 299 g/mol. The largest absolute Gasteiger partial charge is 0.342 e. The summed E-state index contributed by atoms with van der Waals surface area (Å²) in [6.45, 7) is 3.11. The van der Waals surface area contributed by atoms with Crippen LogP contribution in [-0.2, 0) is 4.79 Å². The summed E-state index contributed by atoms with van der Waals surface area (Å²) in [5, 5.41) is 0. The maximum absolute atomic E-state index is 13.0. The van der Waals surface area contributed by atoms with Gasteiger partial charge in [-0.3, -0.25) is 9.78 Å². The lowest BCUT2D eigenvalue weighted by Crippen LogP contribution is -2.37. The van der Waals surface area contributed by atoms with E-state index in [9.17, 15) is 9.18 Å². The minimum Gasteiger partial charge on any atom is -0.342 e. The summed E-state index contributed by atoms with van der Waals surface area (Å²) in [5.74, 6) is 0.0511. The Morgan fingerprint density at radius 3 is 2.77 bits per heavy atom. The summed E-state index contributed by atoms with van der Waals surface area (Å²) >= 11 is 0. The molecule has 0 saturated carbocycles. The molecule has 1 aliphatic heterocycles. The van der Waals surface area contributed by atoms with Crippen molar-refractivity contribution in [3.63, 3.8) is 0 Å². The summed E-state index contributed by atoms with van der Waals surface area (Å²) < 4.78 is 13.0. The topological polar surface area (TPSA) is 46.1 Å². The zero-order valence-corrected chi connectivity index (χ0v) is 12.5. The van der Waals surface area contributed by atoms with E-state index in [-0.39, 0.29) is 17.6 Å². The summed E-state index contributed by atoms with van der Waals surface area (Å²) in [6, 6.07) is 6.24. The van der Waals surface area contributed by atoms with Gasteiger partial charge in [0, 0.05) is 37.7 Å². The first-order valence-corrected chi connectivity index (χ1v) is 7.47. The van der Waals surface area contributed by atoms with Crippen LogP contribution in [0, 0.1) is 5.82 Å². The van der Waals surface area contributed by atoms with Crippen molar-refractivity contribution >= 4 is 5.91 Å². The van der Waals surface area contributed by atoms with Crippen LogP contribution >= 0.6 is 0 Å². The van der Waals surface area contributed by atoms with Gasteiger partial charge in [0.2, 0.25) is 5.91 Å². The Hall–Kier alpha value is -2.30. The summed E-state index contributed by atoms with van der Waals surface area (Å²) in [5.41, 5.74) is 2.47. The second kappa shape index (κ2) is 6.22. The van der Waals surface area contributed by atoms with Crippen molar-refractivity contribution in [2.75, 3.05) is 13.1 Å². The lowest BCUT2D eigenvalue weighted by molar-refractivity contribution is -0.130. The standard InChI is InChI=1S/C17H18FN3O/c1-12(22)21-8-2-3-14(11-21)17-10-19-9-16(20-17)13-4-6-15(18)7-5-13/h4-7,9-10,14H,2-3,8,11H2,1H3/t14-/m0/s1. The summed E-state index contributed by atoms with van der Waals surface area (Å²) in [4.78, 5) is 22.3. The van der Waals surface area contributed by atoms with E-state index in [4.69, 9.17) is 0 Å². The van der Waals surface area contributed by atoms with Crippen molar-refractivity contribution in [2.45, 2.75) is 25.7 Å². The molecule has 5 heteroatoms. The van der Waals surface area contributed by atoms with Gasteiger partial charge in [0.25, 0.3) is 0 Å². The molecule has 1 aromatic carbocycles. The fourth-order valence-corrected chi connectivity index (χ4v) is 2.84. The van der Waals surface area contributed by atoms with Gasteiger partial charge >= 0.3 is 0 Å². The Labute approximate surface area is 129 Å². The number of rotatable bonds is 2. The molecule has 1 saturated heterocycles. The molecule has 22 heavy (non-hydrogen) atoms. The maximum Gasteiger partial charge on any atom is 0.219 e. The Balaban J connectivity index is 1.84. The Kier molecular flexibility index (Phi) is 4.13. The fraction of sp³-hybridized carbons (Fsp3) is 0.353. The molecule has 0 radical (unpaired) electrons. The van der Waals surface area contributed by atoms with Crippen LogP contribution in [0.25, 0.3) is 11.3 Å². The number of carbonyl (C=O) groups is 1. The zero-order valence-electron chi connectivity index (χ0n) is 12.5. The molecule has 2 aromatic rings. The molecule has 0 aliphatic carbocycles. The van der Waals surface area contributed by atoms with E-state index >= 15 is 0 Å². The summed E-state index contributed by atoms with van der Waals surface area (Å²) in [7, 11) is 0. The third-order valence-corrected chi connectivity index (χ3v) is 4.08. The van der Waals surface area contributed by atoms with E-state index in [1.54, 1.807) is 31.5 Å². The van der Waals surface area contributed by atoms with Gasteiger partial charge in [0.15, 0.2) is 0 Å². The van der Waals surface area contributed by atoms with Crippen LogP contribution in [0.4, 0.5) is 4.39 Å². The molecule has 0 unspecified atom stereocenters. The SMILES string of the molecule is CC(=O)N1CCC[C@H](c2cncc(-c3ccc(F)cc3)n2)C1. The van der Waals surface area contributed by atoms with E-state index in [0.717, 1.165) is 36.3 Å². The first-order valence-electron chi connectivity index (χ1n) is 7.47. The van der Waals surface area contributed by atoms with Gasteiger partial charge in [-0.1, -0.05) is 0 Å². The highest BCUT2D eigenvalue weighted by Crippen LogP contribution is 2.27. The smallest absolute Gasteiger partial charge is 0.219 e. The van der Waals surface area contributed by atoms with Gasteiger partial charge in [0.05, 0.1) is 17.6 Å². The molecular formula is C17H18FN3O. The van der Waals surface area contributed by atoms with E-state index in [0.29, 0.717) is 6.54 Å². The predicted molar refractivity (Wildman–Crippen MR) is 81.7 cm³/mol. The molecule has 4 nitrogen and oxygen atoms in total. The number of hydrogen-bond donors (Lipinski definition) is 0. The molecule has 114 valence electrons. The Morgan fingerprint density at radius 1 is 1.27 bits per heavy atom. The minimum absolute atomic E-state index is 0.104. The molecule has 1 amide bonds. The molecule has 1 atom stereocenters. The number of nitrogens with zero attached hydrogens (tertiary/aromatic N) is 3. The first kappa shape index (κ1) is 14.6. The van der Waals surface area contributed by atoms with E-state index < -0.39 is 0 Å². The molecule has 2 heterocycles. The zero-order chi connectivity index (χ0) is 15.5. The van der Waals surface area contributed by atoms with Gasteiger partial charge in [-0.2, -0.15) is 0 Å². The molecule has 1 aliphatic rings. The first-order chi connectivity index (χ1) is 10.6. The van der Waals surface area contributed by atoms with Gasteiger partial charge < -0.3 is 4.90 Å². The van der Waals surface area contributed by atoms with Crippen LogP contribution in [0.1, 0.15) is 31.4 Å².